The highest BCUT2D eigenvalue weighted by Crippen LogP contribution is 2.32. The number of rotatable bonds is 6. The molecular weight excluding hydrogens is 510 g/mol. The Balaban J connectivity index is 1.27. The quantitative estimate of drug-likeness (QED) is 0.348. The summed E-state index contributed by atoms with van der Waals surface area (Å²) in [5, 5.41) is 3.48. The van der Waals surface area contributed by atoms with Gasteiger partial charge in [-0.05, 0) is 80.1 Å². The van der Waals surface area contributed by atoms with Gasteiger partial charge in [0.05, 0.1) is 23.3 Å². The smallest absolute Gasteiger partial charge is 0.253 e. The standard InChI is InChI=1S/C33H39N7O/c1-20-14-23(15-24-18-40(11-9-25(20)24)12-10-29-36-19-33(3,4)38-29)28-17-35-31-30(37-28)27(16-34-31)22-7-8-26(21(2)13-22)32(41)39(5)6/h7-8,13-17H,9-12,18-19H2,1-6H3,(H,34,35)(H,36,38). The van der Waals surface area contributed by atoms with Gasteiger partial charge in [-0.15, -0.1) is 0 Å². The molecule has 0 bridgehead atoms. The van der Waals surface area contributed by atoms with E-state index >= 15 is 0 Å². The molecule has 0 radical (unpaired) electrons. The Morgan fingerprint density at radius 2 is 1.90 bits per heavy atom. The lowest BCUT2D eigenvalue weighted by Crippen LogP contribution is -2.34. The van der Waals surface area contributed by atoms with Gasteiger partial charge in [-0.2, -0.15) is 0 Å². The first-order valence-electron chi connectivity index (χ1n) is 14.4. The van der Waals surface area contributed by atoms with Gasteiger partial charge < -0.3 is 15.2 Å². The molecule has 0 saturated carbocycles. The minimum Gasteiger partial charge on any atom is -0.371 e. The summed E-state index contributed by atoms with van der Waals surface area (Å²) < 4.78 is 0. The fourth-order valence-electron chi connectivity index (χ4n) is 6.05. The molecule has 1 amide bonds. The molecule has 2 N–H and O–H groups in total. The molecule has 2 aliphatic heterocycles. The van der Waals surface area contributed by atoms with Crippen molar-refractivity contribution in [2.75, 3.05) is 33.7 Å². The Morgan fingerprint density at radius 1 is 1.10 bits per heavy atom. The molecule has 0 atom stereocenters. The van der Waals surface area contributed by atoms with Crippen molar-refractivity contribution in [3.63, 3.8) is 0 Å². The topological polar surface area (TPSA) is 89.5 Å². The molecule has 2 aliphatic rings. The SMILES string of the molecule is Cc1cc(-c2c[nH]c3ncc(-c4cc(C)c5c(c4)CN(CCC4=NC(C)(C)CN4)CC5)nc23)ccc1C(=O)N(C)C. The van der Waals surface area contributed by atoms with E-state index in [1.807, 2.05) is 31.5 Å². The average molecular weight is 550 g/mol. The number of aryl methyl sites for hydroxylation is 2. The van der Waals surface area contributed by atoms with Crippen molar-refractivity contribution in [3.8, 4) is 22.4 Å². The van der Waals surface area contributed by atoms with E-state index in [2.05, 4.69) is 54.2 Å². The fourth-order valence-corrected chi connectivity index (χ4v) is 6.05. The predicted octanol–water partition coefficient (Wildman–Crippen LogP) is 5.14. The van der Waals surface area contributed by atoms with Crippen LogP contribution in [0.25, 0.3) is 33.5 Å². The second-order valence-electron chi connectivity index (χ2n) is 12.3. The summed E-state index contributed by atoms with van der Waals surface area (Å²) in [6, 6.07) is 10.5. The van der Waals surface area contributed by atoms with Gasteiger partial charge in [0.1, 0.15) is 5.52 Å². The van der Waals surface area contributed by atoms with Gasteiger partial charge in [0, 0.05) is 69.6 Å². The van der Waals surface area contributed by atoms with Crippen molar-refractivity contribution >= 4 is 22.9 Å². The first-order valence-corrected chi connectivity index (χ1v) is 14.4. The third-order valence-electron chi connectivity index (χ3n) is 8.32. The van der Waals surface area contributed by atoms with E-state index in [4.69, 9.17) is 15.0 Å². The van der Waals surface area contributed by atoms with Crippen LogP contribution in [0, 0.1) is 13.8 Å². The van der Waals surface area contributed by atoms with Gasteiger partial charge in [0.25, 0.3) is 5.91 Å². The molecule has 0 saturated heterocycles. The Labute approximate surface area is 241 Å². The van der Waals surface area contributed by atoms with Crippen LogP contribution in [0.3, 0.4) is 0 Å². The lowest BCUT2D eigenvalue weighted by molar-refractivity contribution is 0.0827. The molecule has 4 aromatic rings. The third kappa shape index (κ3) is 5.36. The summed E-state index contributed by atoms with van der Waals surface area (Å²) in [5.74, 6) is 1.13. The highest BCUT2D eigenvalue weighted by molar-refractivity contribution is 5.97. The summed E-state index contributed by atoms with van der Waals surface area (Å²) in [7, 11) is 3.55. The van der Waals surface area contributed by atoms with Crippen LogP contribution in [0.5, 0.6) is 0 Å². The Morgan fingerprint density at radius 3 is 2.63 bits per heavy atom. The molecule has 6 rings (SSSR count). The summed E-state index contributed by atoms with van der Waals surface area (Å²) in [6.07, 6.45) is 5.84. The molecule has 2 aromatic heterocycles. The van der Waals surface area contributed by atoms with Crippen molar-refractivity contribution in [2.45, 2.75) is 52.6 Å². The minimum absolute atomic E-state index is 0.00399. The van der Waals surface area contributed by atoms with Crippen LogP contribution in [-0.4, -0.2) is 75.8 Å². The largest absolute Gasteiger partial charge is 0.371 e. The Kier molecular flexibility index (Phi) is 6.90. The maximum Gasteiger partial charge on any atom is 0.253 e. The van der Waals surface area contributed by atoms with E-state index in [0.29, 0.717) is 5.56 Å². The van der Waals surface area contributed by atoms with Crippen LogP contribution in [-0.2, 0) is 13.0 Å². The van der Waals surface area contributed by atoms with Gasteiger partial charge in [-0.3, -0.25) is 14.7 Å². The lowest BCUT2D eigenvalue weighted by atomic mass is 9.92. The number of aromatic amines is 1. The van der Waals surface area contributed by atoms with Crippen molar-refractivity contribution in [2.24, 2.45) is 4.99 Å². The van der Waals surface area contributed by atoms with E-state index in [1.165, 1.54) is 16.7 Å². The zero-order valence-electron chi connectivity index (χ0n) is 24.9. The average Bonchev–Trinajstić information content (AvgIpc) is 3.53. The highest BCUT2D eigenvalue weighted by atomic mass is 16.2. The highest BCUT2D eigenvalue weighted by Gasteiger charge is 2.25. The van der Waals surface area contributed by atoms with E-state index in [9.17, 15) is 4.79 Å². The molecule has 4 heterocycles. The number of H-pyrrole nitrogens is 1. The molecule has 2 aromatic carbocycles. The monoisotopic (exact) mass is 549 g/mol. The van der Waals surface area contributed by atoms with Crippen molar-refractivity contribution in [1.29, 1.82) is 0 Å². The number of aliphatic imine (C=N–C) groups is 1. The number of nitrogens with one attached hydrogen (secondary N) is 2. The molecule has 8 nitrogen and oxygen atoms in total. The molecule has 0 spiro atoms. The van der Waals surface area contributed by atoms with Gasteiger partial charge in [0.15, 0.2) is 5.65 Å². The van der Waals surface area contributed by atoms with Gasteiger partial charge in [0.2, 0.25) is 0 Å². The van der Waals surface area contributed by atoms with Crippen molar-refractivity contribution < 1.29 is 4.79 Å². The maximum absolute atomic E-state index is 12.5. The van der Waals surface area contributed by atoms with Crippen LogP contribution >= 0.6 is 0 Å². The molecule has 0 fully saturated rings. The second-order valence-corrected chi connectivity index (χ2v) is 12.3. The summed E-state index contributed by atoms with van der Waals surface area (Å²) in [5.41, 5.74) is 11.3. The number of hydrogen-bond acceptors (Lipinski definition) is 6. The molecular formula is C33H39N7O. The number of carbonyl (C=O) groups is 1. The van der Waals surface area contributed by atoms with Gasteiger partial charge in [-0.25, -0.2) is 9.97 Å². The summed E-state index contributed by atoms with van der Waals surface area (Å²) >= 11 is 0. The number of carbonyl (C=O) groups excluding carboxylic acids is 1. The molecule has 0 unspecified atom stereocenters. The van der Waals surface area contributed by atoms with Gasteiger partial charge >= 0.3 is 0 Å². The summed E-state index contributed by atoms with van der Waals surface area (Å²) in [4.78, 5) is 34.6. The number of amides is 1. The number of hydrogen-bond donors (Lipinski definition) is 2. The number of amidine groups is 1. The van der Waals surface area contributed by atoms with Crippen LogP contribution in [0.15, 0.2) is 47.7 Å². The van der Waals surface area contributed by atoms with E-state index in [1.54, 1.807) is 19.0 Å². The number of benzene rings is 2. The predicted molar refractivity (Wildman–Crippen MR) is 165 cm³/mol. The summed E-state index contributed by atoms with van der Waals surface area (Å²) in [6.45, 7) is 12.5. The van der Waals surface area contributed by atoms with Gasteiger partial charge in [-0.1, -0.05) is 12.1 Å². The number of nitrogens with zero attached hydrogens (tertiary/aromatic N) is 5. The van der Waals surface area contributed by atoms with E-state index in [-0.39, 0.29) is 11.4 Å². The number of fused-ring (bicyclic) bond motifs is 2. The molecule has 41 heavy (non-hydrogen) atoms. The normalized spacial score (nSPS) is 16.4. The molecule has 8 heteroatoms. The van der Waals surface area contributed by atoms with E-state index in [0.717, 1.165) is 84.0 Å². The van der Waals surface area contributed by atoms with Crippen LogP contribution in [0.1, 0.15) is 52.9 Å². The van der Waals surface area contributed by atoms with E-state index < -0.39 is 0 Å². The molecule has 212 valence electrons. The first-order chi connectivity index (χ1) is 19.6. The first kappa shape index (κ1) is 27.1. The fraction of sp³-hybridized carbons (Fsp3) is 0.394. The Bertz CT molecular complexity index is 1680. The minimum atomic E-state index is 0.00399. The van der Waals surface area contributed by atoms with Crippen molar-refractivity contribution in [1.82, 2.24) is 30.1 Å². The zero-order valence-corrected chi connectivity index (χ0v) is 24.9. The van der Waals surface area contributed by atoms with Crippen LogP contribution in [0.4, 0.5) is 0 Å². The number of aromatic nitrogens is 3. The third-order valence-corrected chi connectivity index (χ3v) is 8.32. The lowest BCUT2D eigenvalue weighted by Gasteiger charge is -2.30. The Hall–Kier alpha value is -4.04. The van der Waals surface area contributed by atoms with Crippen molar-refractivity contribution in [3.05, 3.63) is 70.5 Å². The molecule has 0 aliphatic carbocycles. The maximum atomic E-state index is 12.5. The zero-order chi connectivity index (χ0) is 28.9. The second kappa shape index (κ2) is 10.4. The van der Waals surface area contributed by atoms with Crippen LogP contribution < -0.4 is 5.32 Å². The van der Waals surface area contributed by atoms with Crippen LogP contribution in [0.2, 0.25) is 0 Å².